The Kier molecular flexibility index (Phi) is 5.61. The molecule has 1 saturated carbocycles. The number of anilines is 2. The molecule has 0 atom stereocenters. The van der Waals surface area contributed by atoms with E-state index in [1.54, 1.807) is 0 Å². The van der Waals surface area contributed by atoms with E-state index in [1.165, 1.54) is 25.7 Å². The SMILES string of the molecule is O=C(NCC1CCCC1)c1cccc(Nc2ccc(-c3ccccc3)nn2)c1. The van der Waals surface area contributed by atoms with Crippen molar-refractivity contribution in [1.82, 2.24) is 15.5 Å². The molecule has 0 spiro atoms. The third-order valence-electron chi connectivity index (χ3n) is 5.16. The molecule has 1 fully saturated rings. The fourth-order valence-corrected chi connectivity index (χ4v) is 3.60. The zero-order valence-corrected chi connectivity index (χ0v) is 15.8. The molecule has 1 heterocycles. The normalized spacial score (nSPS) is 14.0. The second-order valence-corrected chi connectivity index (χ2v) is 7.24. The van der Waals surface area contributed by atoms with Crippen LogP contribution in [0.1, 0.15) is 36.0 Å². The highest BCUT2D eigenvalue weighted by Gasteiger charge is 2.16. The molecule has 1 aromatic heterocycles. The van der Waals surface area contributed by atoms with Gasteiger partial charge in [0.1, 0.15) is 0 Å². The van der Waals surface area contributed by atoms with E-state index in [2.05, 4.69) is 20.8 Å². The third kappa shape index (κ3) is 4.55. The molecule has 1 aliphatic carbocycles. The van der Waals surface area contributed by atoms with E-state index in [1.807, 2.05) is 66.7 Å². The zero-order valence-electron chi connectivity index (χ0n) is 15.8. The van der Waals surface area contributed by atoms with Crippen LogP contribution in [0.5, 0.6) is 0 Å². The summed E-state index contributed by atoms with van der Waals surface area (Å²) in [5.41, 5.74) is 3.32. The van der Waals surface area contributed by atoms with Gasteiger partial charge in [0.25, 0.3) is 5.91 Å². The summed E-state index contributed by atoms with van der Waals surface area (Å²) in [5.74, 6) is 1.24. The minimum Gasteiger partial charge on any atom is -0.352 e. The number of rotatable bonds is 6. The molecule has 28 heavy (non-hydrogen) atoms. The number of carbonyl (C=O) groups is 1. The fraction of sp³-hybridized carbons (Fsp3) is 0.261. The van der Waals surface area contributed by atoms with Crippen LogP contribution in [-0.4, -0.2) is 22.6 Å². The highest BCUT2D eigenvalue weighted by molar-refractivity contribution is 5.95. The molecule has 1 amide bonds. The Hall–Kier alpha value is -3.21. The Morgan fingerprint density at radius 2 is 1.75 bits per heavy atom. The fourth-order valence-electron chi connectivity index (χ4n) is 3.60. The number of carbonyl (C=O) groups excluding carboxylic acids is 1. The van der Waals surface area contributed by atoms with Crippen molar-refractivity contribution in [2.24, 2.45) is 5.92 Å². The molecule has 5 heteroatoms. The Labute approximate surface area is 165 Å². The Morgan fingerprint density at radius 1 is 0.929 bits per heavy atom. The molecule has 1 aliphatic rings. The summed E-state index contributed by atoms with van der Waals surface area (Å²) < 4.78 is 0. The summed E-state index contributed by atoms with van der Waals surface area (Å²) in [6.45, 7) is 0.767. The van der Waals surface area contributed by atoms with Crippen LogP contribution < -0.4 is 10.6 Å². The van der Waals surface area contributed by atoms with Crippen LogP contribution in [0.3, 0.4) is 0 Å². The zero-order chi connectivity index (χ0) is 19.2. The maximum absolute atomic E-state index is 12.4. The number of amides is 1. The first kappa shape index (κ1) is 18.2. The topological polar surface area (TPSA) is 66.9 Å². The minimum atomic E-state index is -0.0268. The number of aromatic nitrogens is 2. The predicted octanol–water partition coefficient (Wildman–Crippen LogP) is 4.81. The van der Waals surface area contributed by atoms with E-state index in [-0.39, 0.29) is 5.91 Å². The molecular weight excluding hydrogens is 348 g/mol. The first-order valence-corrected chi connectivity index (χ1v) is 9.82. The van der Waals surface area contributed by atoms with Gasteiger partial charge in [-0.3, -0.25) is 4.79 Å². The van der Waals surface area contributed by atoms with Crippen molar-refractivity contribution >= 4 is 17.4 Å². The van der Waals surface area contributed by atoms with E-state index in [4.69, 9.17) is 0 Å². The van der Waals surface area contributed by atoms with Crippen molar-refractivity contribution < 1.29 is 4.79 Å². The van der Waals surface area contributed by atoms with Gasteiger partial charge in [-0.1, -0.05) is 49.2 Å². The Bertz CT molecular complexity index is 919. The van der Waals surface area contributed by atoms with Crippen LogP contribution in [0.25, 0.3) is 11.3 Å². The molecule has 0 saturated heterocycles. The van der Waals surface area contributed by atoms with E-state index in [9.17, 15) is 4.79 Å². The lowest BCUT2D eigenvalue weighted by Gasteiger charge is -2.11. The van der Waals surface area contributed by atoms with Gasteiger partial charge in [0.2, 0.25) is 0 Å². The predicted molar refractivity (Wildman–Crippen MR) is 111 cm³/mol. The summed E-state index contributed by atoms with van der Waals surface area (Å²) >= 11 is 0. The summed E-state index contributed by atoms with van der Waals surface area (Å²) in [6, 6.07) is 21.2. The monoisotopic (exact) mass is 372 g/mol. The molecule has 5 nitrogen and oxygen atoms in total. The number of hydrogen-bond donors (Lipinski definition) is 2. The van der Waals surface area contributed by atoms with Crippen LogP contribution in [0.2, 0.25) is 0 Å². The second-order valence-electron chi connectivity index (χ2n) is 7.24. The quantitative estimate of drug-likeness (QED) is 0.652. The third-order valence-corrected chi connectivity index (χ3v) is 5.16. The van der Waals surface area contributed by atoms with E-state index >= 15 is 0 Å². The van der Waals surface area contributed by atoms with Crippen molar-refractivity contribution in [2.75, 3.05) is 11.9 Å². The van der Waals surface area contributed by atoms with Gasteiger partial charge in [-0.15, -0.1) is 10.2 Å². The lowest BCUT2D eigenvalue weighted by atomic mass is 10.1. The van der Waals surface area contributed by atoms with Crippen molar-refractivity contribution in [3.63, 3.8) is 0 Å². The van der Waals surface area contributed by atoms with Gasteiger partial charge in [-0.05, 0) is 49.1 Å². The van der Waals surface area contributed by atoms with Gasteiger partial charge >= 0.3 is 0 Å². The van der Waals surface area contributed by atoms with Crippen LogP contribution in [-0.2, 0) is 0 Å². The van der Waals surface area contributed by atoms with Crippen LogP contribution in [0.15, 0.2) is 66.7 Å². The highest BCUT2D eigenvalue weighted by atomic mass is 16.1. The number of benzene rings is 2. The number of nitrogens with zero attached hydrogens (tertiary/aromatic N) is 2. The number of nitrogens with one attached hydrogen (secondary N) is 2. The summed E-state index contributed by atoms with van der Waals surface area (Å²) in [6.07, 6.45) is 5.01. The van der Waals surface area contributed by atoms with Crippen molar-refractivity contribution in [2.45, 2.75) is 25.7 Å². The van der Waals surface area contributed by atoms with Crippen LogP contribution in [0.4, 0.5) is 11.5 Å². The molecule has 2 N–H and O–H groups in total. The molecule has 0 unspecified atom stereocenters. The van der Waals surface area contributed by atoms with Gasteiger partial charge in [0.15, 0.2) is 5.82 Å². The summed E-state index contributed by atoms with van der Waals surface area (Å²) in [5, 5.41) is 14.8. The molecule has 142 valence electrons. The van der Waals surface area contributed by atoms with Gasteiger partial charge in [-0.2, -0.15) is 0 Å². The maximum atomic E-state index is 12.4. The lowest BCUT2D eigenvalue weighted by molar-refractivity contribution is 0.0947. The van der Waals surface area contributed by atoms with Crippen LogP contribution >= 0.6 is 0 Å². The van der Waals surface area contributed by atoms with Gasteiger partial charge in [-0.25, -0.2) is 0 Å². The molecule has 0 bridgehead atoms. The molecule has 2 aromatic carbocycles. The largest absolute Gasteiger partial charge is 0.352 e. The molecule has 3 aromatic rings. The maximum Gasteiger partial charge on any atom is 0.251 e. The number of hydrogen-bond acceptors (Lipinski definition) is 4. The highest BCUT2D eigenvalue weighted by Crippen LogP contribution is 2.24. The molecule has 4 rings (SSSR count). The first-order chi connectivity index (χ1) is 13.8. The molecule has 0 aliphatic heterocycles. The molecular formula is C23H24N4O. The molecule has 0 radical (unpaired) electrons. The Balaban J connectivity index is 1.39. The van der Waals surface area contributed by atoms with Gasteiger partial charge in [0, 0.05) is 23.4 Å². The standard InChI is InChI=1S/C23H24N4O/c28-23(24-16-17-7-4-5-8-17)19-11-6-12-20(15-19)25-22-14-13-21(26-27-22)18-9-2-1-3-10-18/h1-3,6,9-15,17H,4-5,7-8,16H2,(H,24,28)(H,25,27). The second kappa shape index (κ2) is 8.65. The lowest BCUT2D eigenvalue weighted by Crippen LogP contribution is -2.28. The minimum absolute atomic E-state index is 0.0268. The van der Waals surface area contributed by atoms with E-state index in [0.29, 0.717) is 17.3 Å². The van der Waals surface area contributed by atoms with Gasteiger partial charge in [0.05, 0.1) is 5.69 Å². The first-order valence-electron chi connectivity index (χ1n) is 9.82. The average Bonchev–Trinajstić information content (AvgIpc) is 3.27. The van der Waals surface area contributed by atoms with Crippen molar-refractivity contribution in [1.29, 1.82) is 0 Å². The Morgan fingerprint density at radius 3 is 2.50 bits per heavy atom. The summed E-state index contributed by atoms with van der Waals surface area (Å²) in [7, 11) is 0. The summed E-state index contributed by atoms with van der Waals surface area (Å²) in [4.78, 5) is 12.4. The van der Waals surface area contributed by atoms with Crippen LogP contribution in [0, 0.1) is 5.92 Å². The van der Waals surface area contributed by atoms with Crippen molar-refractivity contribution in [3.8, 4) is 11.3 Å². The van der Waals surface area contributed by atoms with Crippen molar-refractivity contribution in [3.05, 3.63) is 72.3 Å². The smallest absolute Gasteiger partial charge is 0.251 e. The van der Waals surface area contributed by atoms with E-state index in [0.717, 1.165) is 23.5 Å². The van der Waals surface area contributed by atoms with Gasteiger partial charge < -0.3 is 10.6 Å². The average molecular weight is 372 g/mol. The van der Waals surface area contributed by atoms with E-state index < -0.39 is 0 Å².